The lowest BCUT2D eigenvalue weighted by Gasteiger charge is -2.07. The molecule has 1 aromatic carbocycles. The number of aryl methyl sites for hydroxylation is 1. The molecule has 0 aliphatic heterocycles. The molecular formula is C12H16FN. The summed E-state index contributed by atoms with van der Waals surface area (Å²) in [5.41, 5.74) is 2.46. The molecule has 0 heterocycles. The van der Waals surface area contributed by atoms with E-state index in [1.807, 2.05) is 26.0 Å². The Balaban J connectivity index is 2.82. The van der Waals surface area contributed by atoms with E-state index in [2.05, 4.69) is 12.2 Å². The zero-order valence-corrected chi connectivity index (χ0v) is 8.89. The van der Waals surface area contributed by atoms with Crippen LogP contribution < -0.4 is 5.32 Å². The number of rotatable bonds is 3. The minimum Gasteiger partial charge on any atom is -0.357 e. The van der Waals surface area contributed by atoms with Gasteiger partial charge >= 0.3 is 0 Å². The molecule has 0 fully saturated rings. The van der Waals surface area contributed by atoms with Gasteiger partial charge in [-0.25, -0.2) is 4.39 Å². The first-order valence-electron chi connectivity index (χ1n) is 4.83. The van der Waals surface area contributed by atoms with Gasteiger partial charge in [0.15, 0.2) is 0 Å². The van der Waals surface area contributed by atoms with Crippen LogP contribution in [0.3, 0.4) is 0 Å². The molecule has 14 heavy (non-hydrogen) atoms. The average molecular weight is 193 g/mol. The Bertz CT molecular complexity index is 342. The third-order valence-corrected chi connectivity index (χ3v) is 1.97. The van der Waals surface area contributed by atoms with Gasteiger partial charge in [0.1, 0.15) is 5.82 Å². The van der Waals surface area contributed by atoms with E-state index in [9.17, 15) is 4.39 Å². The van der Waals surface area contributed by atoms with Crippen molar-refractivity contribution in [1.82, 2.24) is 0 Å². The molecule has 0 atom stereocenters. The lowest BCUT2D eigenvalue weighted by Crippen LogP contribution is -1.98. The Morgan fingerprint density at radius 2 is 2.21 bits per heavy atom. The summed E-state index contributed by atoms with van der Waals surface area (Å²) in [6.07, 6.45) is 2.98. The van der Waals surface area contributed by atoms with Crippen molar-refractivity contribution >= 4 is 5.69 Å². The topological polar surface area (TPSA) is 12.0 Å². The van der Waals surface area contributed by atoms with E-state index in [1.54, 1.807) is 6.07 Å². The molecule has 1 rings (SSSR count). The molecule has 1 N–H and O–H groups in total. The van der Waals surface area contributed by atoms with Gasteiger partial charge < -0.3 is 5.32 Å². The quantitative estimate of drug-likeness (QED) is 0.768. The SMILES string of the molecule is CC/C=C(/C)Nc1ccc(C)cc1F. The smallest absolute Gasteiger partial charge is 0.146 e. The molecule has 0 saturated carbocycles. The van der Waals surface area contributed by atoms with Gasteiger partial charge in [-0.3, -0.25) is 0 Å². The second-order valence-corrected chi connectivity index (χ2v) is 3.40. The van der Waals surface area contributed by atoms with Crippen LogP contribution in [0.4, 0.5) is 10.1 Å². The number of allylic oxidation sites excluding steroid dienone is 2. The molecule has 1 aromatic rings. The minimum absolute atomic E-state index is 0.200. The van der Waals surface area contributed by atoms with E-state index in [-0.39, 0.29) is 5.82 Å². The van der Waals surface area contributed by atoms with Crippen LogP contribution in [0.1, 0.15) is 25.8 Å². The van der Waals surface area contributed by atoms with E-state index in [1.165, 1.54) is 6.07 Å². The predicted octanol–water partition coefficient (Wildman–Crippen LogP) is 3.86. The molecule has 0 radical (unpaired) electrons. The number of nitrogens with one attached hydrogen (secondary N) is 1. The first kappa shape index (κ1) is 10.8. The number of hydrogen-bond acceptors (Lipinski definition) is 1. The Morgan fingerprint density at radius 1 is 1.50 bits per heavy atom. The first-order chi connectivity index (χ1) is 6.63. The number of halogens is 1. The van der Waals surface area contributed by atoms with Crippen molar-refractivity contribution in [2.75, 3.05) is 5.32 Å². The first-order valence-corrected chi connectivity index (χ1v) is 4.83. The highest BCUT2D eigenvalue weighted by atomic mass is 19.1. The van der Waals surface area contributed by atoms with E-state index < -0.39 is 0 Å². The number of benzene rings is 1. The molecule has 0 saturated heterocycles. The van der Waals surface area contributed by atoms with Gasteiger partial charge in [0, 0.05) is 5.70 Å². The molecular weight excluding hydrogens is 177 g/mol. The van der Waals surface area contributed by atoms with Crippen LogP contribution in [0, 0.1) is 12.7 Å². The largest absolute Gasteiger partial charge is 0.357 e. The number of hydrogen-bond donors (Lipinski definition) is 1. The fourth-order valence-electron chi connectivity index (χ4n) is 1.29. The van der Waals surface area contributed by atoms with E-state index in [4.69, 9.17) is 0 Å². The van der Waals surface area contributed by atoms with Gasteiger partial charge in [0.2, 0.25) is 0 Å². The van der Waals surface area contributed by atoms with Crippen LogP contribution in [0.15, 0.2) is 30.0 Å². The molecule has 0 aromatic heterocycles. The number of anilines is 1. The van der Waals surface area contributed by atoms with Gasteiger partial charge in [0.25, 0.3) is 0 Å². The van der Waals surface area contributed by atoms with Crippen LogP contribution in [0.5, 0.6) is 0 Å². The fraction of sp³-hybridized carbons (Fsp3) is 0.333. The summed E-state index contributed by atoms with van der Waals surface area (Å²) in [6.45, 7) is 5.86. The van der Waals surface area contributed by atoms with Crippen molar-refractivity contribution in [3.63, 3.8) is 0 Å². The summed E-state index contributed by atoms with van der Waals surface area (Å²) < 4.78 is 13.4. The van der Waals surface area contributed by atoms with Gasteiger partial charge in [-0.2, -0.15) is 0 Å². The molecule has 0 bridgehead atoms. The molecule has 0 aliphatic carbocycles. The van der Waals surface area contributed by atoms with Crippen molar-refractivity contribution < 1.29 is 4.39 Å². The average Bonchev–Trinajstić information content (AvgIpc) is 2.10. The maximum absolute atomic E-state index is 13.4. The summed E-state index contributed by atoms with van der Waals surface area (Å²) in [5, 5.41) is 3.02. The predicted molar refractivity (Wildman–Crippen MR) is 58.8 cm³/mol. The van der Waals surface area contributed by atoms with Crippen LogP contribution in [-0.4, -0.2) is 0 Å². The van der Waals surface area contributed by atoms with Gasteiger partial charge in [-0.05, 0) is 38.0 Å². The van der Waals surface area contributed by atoms with Crippen molar-refractivity contribution in [3.8, 4) is 0 Å². The van der Waals surface area contributed by atoms with Gasteiger partial charge in [-0.15, -0.1) is 0 Å². The zero-order chi connectivity index (χ0) is 10.6. The highest BCUT2D eigenvalue weighted by Gasteiger charge is 2.00. The molecule has 0 unspecified atom stereocenters. The van der Waals surface area contributed by atoms with Crippen molar-refractivity contribution in [1.29, 1.82) is 0 Å². The molecule has 0 amide bonds. The second kappa shape index (κ2) is 4.80. The molecule has 76 valence electrons. The normalized spacial score (nSPS) is 11.6. The van der Waals surface area contributed by atoms with Crippen molar-refractivity contribution in [2.45, 2.75) is 27.2 Å². The summed E-state index contributed by atoms with van der Waals surface area (Å²) in [7, 11) is 0. The van der Waals surface area contributed by atoms with Crippen molar-refractivity contribution in [2.24, 2.45) is 0 Å². The summed E-state index contributed by atoms with van der Waals surface area (Å²) in [4.78, 5) is 0. The van der Waals surface area contributed by atoms with Gasteiger partial charge in [0.05, 0.1) is 5.69 Å². The summed E-state index contributed by atoms with van der Waals surface area (Å²) in [5.74, 6) is -0.200. The third-order valence-electron chi connectivity index (χ3n) is 1.97. The highest BCUT2D eigenvalue weighted by Crippen LogP contribution is 2.17. The Labute approximate surface area is 84.6 Å². The molecule has 1 nitrogen and oxygen atoms in total. The maximum Gasteiger partial charge on any atom is 0.146 e. The third kappa shape index (κ3) is 2.87. The van der Waals surface area contributed by atoms with Gasteiger partial charge in [-0.1, -0.05) is 19.1 Å². The van der Waals surface area contributed by atoms with Crippen LogP contribution in [0.25, 0.3) is 0 Å². The minimum atomic E-state index is -0.200. The Hall–Kier alpha value is -1.31. The van der Waals surface area contributed by atoms with Crippen LogP contribution >= 0.6 is 0 Å². The Kier molecular flexibility index (Phi) is 3.69. The molecule has 2 heteroatoms. The molecule has 0 aliphatic rings. The summed E-state index contributed by atoms with van der Waals surface area (Å²) >= 11 is 0. The monoisotopic (exact) mass is 193 g/mol. The van der Waals surface area contributed by atoms with Crippen LogP contribution in [-0.2, 0) is 0 Å². The summed E-state index contributed by atoms with van der Waals surface area (Å²) in [6, 6.07) is 5.18. The van der Waals surface area contributed by atoms with Crippen LogP contribution in [0.2, 0.25) is 0 Å². The lowest BCUT2D eigenvalue weighted by atomic mass is 10.2. The lowest BCUT2D eigenvalue weighted by molar-refractivity contribution is 0.630. The second-order valence-electron chi connectivity index (χ2n) is 3.40. The highest BCUT2D eigenvalue weighted by molar-refractivity contribution is 5.50. The maximum atomic E-state index is 13.4. The van der Waals surface area contributed by atoms with E-state index >= 15 is 0 Å². The van der Waals surface area contributed by atoms with E-state index in [0.29, 0.717) is 5.69 Å². The zero-order valence-electron chi connectivity index (χ0n) is 8.89. The standard InChI is InChI=1S/C12H16FN/c1-4-5-10(3)14-12-7-6-9(2)8-11(12)13/h5-8,14H,4H2,1-3H3/b10-5-. The van der Waals surface area contributed by atoms with Crippen molar-refractivity contribution in [3.05, 3.63) is 41.4 Å². The van der Waals surface area contributed by atoms with E-state index in [0.717, 1.165) is 17.7 Å². The molecule has 0 spiro atoms. The fourth-order valence-corrected chi connectivity index (χ4v) is 1.29. The Morgan fingerprint density at radius 3 is 2.79 bits per heavy atom.